The fraction of sp³-hybridized carbons (Fsp3) is 0.429. The van der Waals surface area contributed by atoms with E-state index in [1.807, 2.05) is 0 Å². The lowest BCUT2D eigenvalue weighted by Gasteiger charge is -2.20. The monoisotopic (exact) mass is 298 g/mol. The molecule has 0 aliphatic rings. The normalized spacial score (nSPS) is 11.8. The van der Waals surface area contributed by atoms with Crippen molar-refractivity contribution in [3.05, 3.63) is 42.5 Å². The molecule has 0 unspecified atom stereocenters. The minimum Gasteiger partial charge on any atom is -0.383 e. The zero-order chi connectivity index (χ0) is 15.0. The van der Waals surface area contributed by atoms with Crippen LogP contribution in [0.5, 0.6) is 0 Å². The zero-order valence-electron chi connectivity index (χ0n) is 11.8. The molecule has 5 nitrogen and oxygen atoms in total. The number of nitrogens with zero attached hydrogens (tertiary/aromatic N) is 1. The Bertz CT molecular complexity index is 512. The first-order chi connectivity index (χ1) is 9.56. The summed E-state index contributed by atoms with van der Waals surface area (Å²) in [5.41, 5.74) is 6.50. The first kappa shape index (κ1) is 16.8. The summed E-state index contributed by atoms with van der Waals surface area (Å²) in [6.45, 7) is 5.04. The molecule has 0 heterocycles. The summed E-state index contributed by atoms with van der Waals surface area (Å²) in [5, 5.41) is 0. The van der Waals surface area contributed by atoms with E-state index >= 15 is 0 Å². The lowest BCUT2D eigenvalue weighted by atomic mass is 10.2. The van der Waals surface area contributed by atoms with Crippen LogP contribution in [0.4, 0.5) is 0 Å². The van der Waals surface area contributed by atoms with E-state index in [1.165, 1.54) is 4.31 Å². The van der Waals surface area contributed by atoms with Crippen LogP contribution >= 0.6 is 0 Å². The Labute approximate surface area is 121 Å². The smallest absolute Gasteiger partial charge is 0.243 e. The molecule has 0 spiro atoms. The summed E-state index contributed by atoms with van der Waals surface area (Å²) < 4.78 is 31.3. The number of rotatable bonds is 9. The molecular formula is C14H22N2O3S. The van der Waals surface area contributed by atoms with Crippen molar-refractivity contribution in [2.45, 2.75) is 11.3 Å². The summed E-state index contributed by atoms with van der Waals surface area (Å²) in [5.74, 6) is 0. The van der Waals surface area contributed by atoms with E-state index in [-0.39, 0.29) is 11.4 Å². The van der Waals surface area contributed by atoms with Crippen LogP contribution in [-0.4, -0.2) is 46.1 Å². The molecular weight excluding hydrogens is 276 g/mol. The lowest BCUT2D eigenvalue weighted by molar-refractivity contribution is 0.182. The van der Waals surface area contributed by atoms with Gasteiger partial charge in [0.1, 0.15) is 0 Å². The molecule has 0 aliphatic carbocycles. The highest BCUT2D eigenvalue weighted by Crippen LogP contribution is 2.16. The van der Waals surface area contributed by atoms with Gasteiger partial charge in [0.2, 0.25) is 10.0 Å². The first-order valence-electron chi connectivity index (χ1n) is 6.45. The van der Waals surface area contributed by atoms with Crippen LogP contribution in [0, 0.1) is 0 Å². The van der Waals surface area contributed by atoms with Gasteiger partial charge in [-0.3, -0.25) is 0 Å². The minimum absolute atomic E-state index is 0.260. The summed E-state index contributed by atoms with van der Waals surface area (Å²) in [7, 11) is -1.97. The van der Waals surface area contributed by atoms with Gasteiger partial charge in [-0.2, -0.15) is 4.31 Å². The van der Waals surface area contributed by atoms with Crippen molar-refractivity contribution in [3.8, 4) is 0 Å². The Morgan fingerprint density at radius 3 is 2.50 bits per heavy atom. The molecule has 1 aromatic rings. The van der Waals surface area contributed by atoms with Gasteiger partial charge in [-0.15, -0.1) is 6.58 Å². The van der Waals surface area contributed by atoms with Gasteiger partial charge in [0.25, 0.3) is 0 Å². The fourth-order valence-electron chi connectivity index (χ4n) is 1.79. The molecule has 0 saturated heterocycles. The highest BCUT2D eigenvalue weighted by atomic mass is 32.2. The topological polar surface area (TPSA) is 72.6 Å². The van der Waals surface area contributed by atoms with Crippen molar-refractivity contribution in [1.82, 2.24) is 4.31 Å². The van der Waals surface area contributed by atoms with Crippen LogP contribution in [0.2, 0.25) is 0 Å². The number of sulfonamides is 1. The van der Waals surface area contributed by atoms with E-state index in [1.54, 1.807) is 37.5 Å². The molecule has 0 atom stereocenters. The summed E-state index contributed by atoms with van der Waals surface area (Å²) in [6.07, 6.45) is 2.30. The van der Waals surface area contributed by atoms with E-state index in [0.717, 1.165) is 12.0 Å². The molecule has 6 heteroatoms. The van der Waals surface area contributed by atoms with Gasteiger partial charge in [-0.25, -0.2) is 8.42 Å². The van der Waals surface area contributed by atoms with Crippen molar-refractivity contribution in [2.75, 3.05) is 33.4 Å². The van der Waals surface area contributed by atoms with Crippen molar-refractivity contribution >= 4 is 10.0 Å². The average Bonchev–Trinajstić information content (AvgIpc) is 2.44. The number of methoxy groups -OCH3 is 1. The van der Waals surface area contributed by atoms with Crippen molar-refractivity contribution in [1.29, 1.82) is 0 Å². The van der Waals surface area contributed by atoms with E-state index in [2.05, 4.69) is 6.58 Å². The number of hydrogen-bond acceptors (Lipinski definition) is 4. The largest absolute Gasteiger partial charge is 0.383 e. The second-order valence-electron chi connectivity index (χ2n) is 4.33. The van der Waals surface area contributed by atoms with Gasteiger partial charge < -0.3 is 10.5 Å². The summed E-state index contributed by atoms with van der Waals surface area (Å²) in [6, 6.07) is 6.82. The second kappa shape index (κ2) is 8.16. The Kier molecular flexibility index (Phi) is 6.87. The molecule has 0 radical (unpaired) electrons. The predicted molar refractivity (Wildman–Crippen MR) is 80.0 cm³/mol. The standard InChI is InChI=1S/C14H22N2O3S/c1-3-10-16(11-12-19-2)20(17,18)14-6-4-13(5-7-14)8-9-15/h3-7H,1,8-12,15H2,2H3. The van der Waals surface area contributed by atoms with Gasteiger partial charge in [-0.05, 0) is 30.7 Å². The van der Waals surface area contributed by atoms with Crippen LogP contribution in [0.25, 0.3) is 0 Å². The number of ether oxygens (including phenoxy) is 1. The SMILES string of the molecule is C=CCN(CCOC)S(=O)(=O)c1ccc(CCN)cc1. The Morgan fingerprint density at radius 1 is 1.35 bits per heavy atom. The third-order valence-corrected chi connectivity index (χ3v) is 4.75. The van der Waals surface area contributed by atoms with Crippen LogP contribution in [0.15, 0.2) is 41.8 Å². The molecule has 20 heavy (non-hydrogen) atoms. The molecule has 0 bridgehead atoms. The molecule has 0 aliphatic heterocycles. The fourth-order valence-corrected chi connectivity index (χ4v) is 3.19. The highest BCUT2D eigenvalue weighted by molar-refractivity contribution is 7.89. The van der Waals surface area contributed by atoms with Crippen LogP contribution in [0.1, 0.15) is 5.56 Å². The molecule has 1 aromatic carbocycles. The van der Waals surface area contributed by atoms with Crippen LogP contribution in [0.3, 0.4) is 0 Å². The van der Waals surface area contributed by atoms with Gasteiger partial charge in [0.05, 0.1) is 11.5 Å². The maximum Gasteiger partial charge on any atom is 0.243 e. The van der Waals surface area contributed by atoms with E-state index in [4.69, 9.17) is 10.5 Å². The number of benzene rings is 1. The van der Waals surface area contributed by atoms with Gasteiger partial charge in [0.15, 0.2) is 0 Å². The lowest BCUT2D eigenvalue weighted by Crippen LogP contribution is -2.34. The summed E-state index contributed by atoms with van der Waals surface area (Å²) in [4.78, 5) is 0.274. The van der Waals surface area contributed by atoms with Crippen LogP contribution in [-0.2, 0) is 21.2 Å². The Morgan fingerprint density at radius 2 is 2.00 bits per heavy atom. The minimum atomic E-state index is -3.52. The molecule has 2 N–H and O–H groups in total. The van der Waals surface area contributed by atoms with E-state index in [0.29, 0.717) is 19.7 Å². The first-order valence-corrected chi connectivity index (χ1v) is 7.89. The van der Waals surface area contributed by atoms with Gasteiger partial charge >= 0.3 is 0 Å². The van der Waals surface area contributed by atoms with E-state index < -0.39 is 10.0 Å². The molecule has 1 rings (SSSR count). The highest BCUT2D eigenvalue weighted by Gasteiger charge is 2.22. The summed E-state index contributed by atoms with van der Waals surface area (Å²) >= 11 is 0. The third kappa shape index (κ3) is 4.42. The Balaban J connectivity index is 2.96. The number of hydrogen-bond donors (Lipinski definition) is 1. The molecule has 0 fully saturated rings. The maximum atomic E-state index is 12.5. The molecule has 0 aromatic heterocycles. The van der Waals surface area contributed by atoms with Crippen molar-refractivity contribution in [3.63, 3.8) is 0 Å². The predicted octanol–water partition coefficient (Wildman–Crippen LogP) is 1.01. The number of nitrogens with two attached hydrogens (primary N) is 1. The van der Waals surface area contributed by atoms with Gasteiger partial charge in [0, 0.05) is 20.2 Å². The molecule has 112 valence electrons. The second-order valence-corrected chi connectivity index (χ2v) is 6.27. The Hall–Kier alpha value is -1.21. The van der Waals surface area contributed by atoms with Crippen LogP contribution < -0.4 is 5.73 Å². The van der Waals surface area contributed by atoms with Gasteiger partial charge in [-0.1, -0.05) is 18.2 Å². The van der Waals surface area contributed by atoms with Crippen molar-refractivity contribution in [2.24, 2.45) is 5.73 Å². The van der Waals surface area contributed by atoms with Crippen molar-refractivity contribution < 1.29 is 13.2 Å². The zero-order valence-corrected chi connectivity index (χ0v) is 12.6. The molecule has 0 amide bonds. The molecule has 0 saturated carbocycles. The van der Waals surface area contributed by atoms with E-state index in [9.17, 15) is 8.42 Å². The third-order valence-electron chi connectivity index (χ3n) is 2.87. The average molecular weight is 298 g/mol. The maximum absolute atomic E-state index is 12.5. The quantitative estimate of drug-likeness (QED) is 0.691.